The summed E-state index contributed by atoms with van der Waals surface area (Å²) in [6.45, 7) is 0. The SMILES string of the molecule is N#Cc1nc(C(=O)c2ccccc2)oc1N. The number of hydrogen-bond donors (Lipinski definition) is 1. The Morgan fingerprint density at radius 3 is 2.62 bits per heavy atom. The number of hydrogen-bond acceptors (Lipinski definition) is 5. The van der Waals surface area contributed by atoms with Crippen molar-refractivity contribution in [1.82, 2.24) is 4.98 Å². The van der Waals surface area contributed by atoms with Gasteiger partial charge in [0.2, 0.25) is 17.4 Å². The Kier molecular flexibility index (Phi) is 2.40. The fourth-order valence-electron chi connectivity index (χ4n) is 1.22. The first-order chi connectivity index (χ1) is 7.72. The van der Waals surface area contributed by atoms with E-state index in [0.717, 1.165) is 0 Å². The van der Waals surface area contributed by atoms with E-state index in [4.69, 9.17) is 15.4 Å². The minimum absolute atomic E-state index is 0.0701. The van der Waals surface area contributed by atoms with Crippen molar-refractivity contribution in [3.05, 3.63) is 47.5 Å². The molecule has 0 atom stereocenters. The molecule has 0 aliphatic heterocycles. The number of carbonyl (C=O) groups is 1. The Morgan fingerprint density at radius 2 is 2.06 bits per heavy atom. The van der Waals surface area contributed by atoms with Crippen LogP contribution < -0.4 is 5.73 Å². The van der Waals surface area contributed by atoms with Crippen molar-refractivity contribution >= 4 is 11.7 Å². The highest BCUT2D eigenvalue weighted by molar-refractivity contribution is 6.06. The molecule has 0 bridgehead atoms. The van der Waals surface area contributed by atoms with Gasteiger partial charge >= 0.3 is 0 Å². The lowest BCUT2D eigenvalue weighted by Crippen LogP contribution is -2.01. The molecule has 1 aromatic heterocycles. The minimum atomic E-state index is -0.395. The lowest BCUT2D eigenvalue weighted by Gasteiger charge is -1.94. The number of anilines is 1. The normalized spacial score (nSPS) is 9.69. The molecular weight excluding hydrogens is 206 g/mol. The summed E-state index contributed by atoms with van der Waals surface area (Å²) >= 11 is 0. The number of carbonyl (C=O) groups excluding carboxylic acids is 1. The van der Waals surface area contributed by atoms with E-state index < -0.39 is 5.78 Å². The third-order valence-electron chi connectivity index (χ3n) is 1.99. The summed E-state index contributed by atoms with van der Waals surface area (Å²) in [4.78, 5) is 15.5. The molecule has 0 fully saturated rings. The molecule has 0 radical (unpaired) electrons. The number of oxazole rings is 1. The average molecular weight is 213 g/mol. The van der Waals surface area contributed by atoms with Crippen LogP contribution in [0.3, 0.4) is 0 Å². The van der Waals surface area contributed by atoms with E-state index in [1.807, 2.05) is 0 Å². The second kappa shape index (κ2) is 3.87. The fraction of sp³-hybridized carbons (Fsp3) is 0. The Morgan fingerprint density at radius 1 is 1.38 bits per heavy atom. The average Bonchev–Trinajstić information content (AvgIpc) is 2.71. The zero-order valence-corrected chi connectivity index (χ0v) is 8.18. The Balaban J connectivity index is 2.39. The second-order valence-corrected chi connectivity index (χ2v) is 3.04. The standard InChI is InChI=1S/C11H7N3O2/c12-6-8-10(13)16-11(14-8)9(15)7-4-2-1-3-5-7/h1-5H,13H2. The van der Waals surface area contributed by atoms with Gasteiger partial charge in [-0.25, -0.2) is 0 Å². The monoisotopic (exact) mass is 213 g/mol. The van der Waals surface area contributed by atoms with Gasteiger partial charge in [0.15, 0.2) is 0 Å². The van der Waals surface area contributed by atoms with Gasteiger partial charge in [0.25, 0.3) is 5.89 Å². The fourth-order valence-corrected chi connectivity index (χ4v) is 1.22. The van der Waals surface area contributed by atoms with E-state index >= 15 is 0 Å². The van der Waals surface area contributed by atoms with Gasteiger partial charge in [0.05, 0.1) is 0 Å². The Labute approximate surface area is 91.1 Å². The molecule has 0 saturated carbocycles. The quantitative estimate of drug-likeness (QED) is 0.760. The maximum Gasteiger partial charge on any atom is 0.271 e. The zero-order chi connectivity index (χ0) is 11.5. The zero-order valence-electron chi connectivity index (χ0n) is 8.18. The van der Waals surface area contributed by atoms with Crippen LogP contribution in [-0.4, -0.2) is 10.8 Å². The first-order valence-corrected chi connectivity index (χ1v) is 4.48. The van der Waals surface area contributed by atoms with Crippen LogP contribution in [0.25, 0.3) is 0 Å². The summed E-state index contributed by atoms with van der Waals surface area (Å²) in [7, 11) is 0. The number of benzene rings is 1. The molecule has 0 amide bonds. The molecule has 2 aromatic rings. The number of nitrogens with two attached hydrogens (primary N) is 1. The van der Waals surface area contributed by atoms with Crippen LogP contribution in [0.4, 0.5) is 5.88 Å². The third-order valence-corrected chi connectivity index (χ3v) is 1.99. The number of nitrogen functional groups attached to an aromatic ring is 1. The van der Waals surface area contributed by atoms with Crippen LogP contribution in [0.5, 0.6) is 0 Å². The molecule has 0 aliphatic carbocycles. The van der Waals surface area contributed by atoms with Crippen molar-refractivity contribution in [2.75, 3.05) is 5.73 Å². The Bertz CT molecular complexity index is 567. The van der Waals surface area contributed by atoms with Gasteiger partial charge in [-0.05, 0) is 0 Å². The molecular formula is C11H7N3O2. The number of rotatable bonds is 2. The predicted molar refractivity (Wildman–Crippen MR) is 55.5 cm³/mol. The van der Waals surface area contributed by atoms with Gasteiger partial charge in [-0.3, -0.25) is 4.79 Å². The van der Waals surface area contributed by atoms with Crippen molar-refractivity contribution in [3.8, 4) is 6.07 Å². The minimum Gasteiger partial charge on any atom is -0.416 e. The van der Waals surface area contributed by atoms with Crippen LogP contribution in [0.1, 0.15) is 21.9 Å². The van der Waals surface area contributed by atoms with Crippen molar-refractivity contribution in [2.24, 2.45) is 0 Å². The molecule has 16 heavy (non-hydrogen) atoms. The summed E-state index contributed by atoms with van der Waals surface area (Å²) in [6, 6.07) is 10.3. The molecule has 0 spiro atoms. The van der Waals surface area contributed by atoms with Crippen molar-refractivity contribution in [2.45, 2.75) is 0 Å². The van der Waals surface area contributed by atoms with Gasteiger partial charge in [-0.2, -0.15) is 10.2 Å². The summed E-state index contributed by atoms with van der Waals surface area (Å²) in [5, 5.41) is 8.62. The Hall–Kier alpha value is -2.61. The van der Waals surface area contributed by atoms with Gasteiger partial charge < -0.3 is 10.2 Å². The van der Waals surface area contributed by atoms with E-state index in [1.54, 1.807) is 36.4 Å². The molecule has 2 N–H and O–H groups in total. The highest BCUT2D eigenvalue weighted by atomic mass is 16.4. The first-order valence-electron chi connectivity index (χ1n) is 4.48. The van der Waals surface area contributed by atoms with E-state index in [9.17, 15) is 4.79 Å². The molecule has 5 nitrogen and oxygen atoms in total. The summed E-state index contributed by atoms with van der Waals surface area (Å²) in [5.41, 5.74) is 5.73. The molecule has 1 aromatic carbocycles. The summed E-state index contributed by atoms with van der Waals surface area (Å²) < 4.78 is 4.92. The molecule has 78 valence electrons. The second-order valence-electron chi connectivity index (χ2n) is 3.04. The number of ketones is 1. The van der Waals surface area contributed by atoms with Gasteiger partial charge in [-0.15, -0.1) is 0 Å². The van der Waals surface area contributed by atoms with Gasteiger partial charge in [0, 0.05) is 5.56 Å². The van der Waals surface area contributed by atoms with E-state index in [-0.39, 0.29) is 17.5 Å². The third kappa shape index (κ3) is 1.64. The number of aromatic nitrogens is 1. The molecule has 2 rings (SSSR count). The van der Waals surface area contributed by atoms with Crippen molar-refractivity contribution in [3.63, 3.8) is 0 Å². The highest BCUT2D eigenvalue weighted by Gasteiger charge is 2.18. The van der Waals surface area contributed by atoms with Crippen LogP contribution in [-0.2, 0) is 0 Å². The largest absolute Gasteiger partial charge is 0.416 e. The molecule has 0 aliphatic rings. The van der Waals surface area contributed by atoms with E-state index in [0.29, 0.717) is 5.56 Å². The van der Waals surface area contributed by atoms with Crippen LogP contribution >= 0.6 is 0 Å². The maximum absolute atomic E-state index is 11.8. The lowest BCUT2D eigenvalue weighted by atomic mass is 10.1. The number of nitrogens with zero attached hydrogens (tertiary/aromatic N) is 2. The summed E-state index contributed by atoms with van der Waals surface area (Å²) in [5.74, 6) is -0.698. The van der Waals surface area contributed by atoms with Crippen molar-refractivity contribution in [1.29, 1.82) is 5.26 Å². The van der Waals surface area contributed by atoms with Crippen molar-refractivity contribution < 1.29 is 9.21 Å². The van der Waals surface area contributed by atoms with Crippen LogP contribution in [0.2, 0.25) is 0 Å². The molecule has 1 heterocycles. The van der Waals surface area contributed by atoms with E-state index in [2.05, 4.69) is 4.98 Å². The van der Waals surface area contributed by atoms with Gasteiger partial charge in [-0.1, -0.05) is 30.3 Å². The molecule has 5 heteroatoms. The van der Waals surface area contributed by atoms with Crippen LogP contribution in [0, 0.1) is 11.3 Å². The predicted octanol–water partition coefficient (Wildman–Crippen LogP) is 1.36. The lowest BCUT2D eigenvalue weighted by molar-refractivity contribution is 0.100. The molecule has 0 unspecified atom stereocenters. The van der Waals surface area contributed by atoms with Gasteiger partial charge in [0.1, 0.15) is 6.07 Å². The van der Waals surface area contributed by atoms with E-state index in [1.165, 1.54) is 0 Å². The molecule has 0 saturated heterocycles. The summed E-state index contributed by atoms with van der Waals surface area (Å²) in [6.07, 6.45) is 0. The number of nitriles is 1. The van der Waals surface area contributed by atoms with Crippen LogP contribution in [0.15, 0.2) is 34.7 Å². The smallest absolute Gasteiger partial charge is 0.271 e. The topological polar surface area (TPSA) is 92.9 Å². The first kappa shape index (κ1) is 9.93. The highest BCUT2D eigenvalue weighted by Crippen LogP contribution is 2.15. The maximum atomic E-state index is 11.8.